The summed E-state index contributed by atoms with van der Waals surface area (Å²) >= 11 is 7.27. The molecule has 0 saturated carbocycles. The van der Waals surface area contributed by atoms with Crippen LogP contribution >= 0.6 is 22.9 Å². The highest BCUT2D eigenvalue weighted by Crippen LogP contribution is 2.30. The van der Waals surface area contributed by atoms with E-state index < -0.39 is 0 Å². The van der Waals surface area contributed by atoms with E-state index >= 15 is 0 Å². The Morgan fingerprint density at radius 3 is 3.12 bits per heavy atom. The third-order valence-corrected chi connectivity index (χ3v) is 4.94. The van der Waals surface area contributed by atoms with Crippen molar-refractivity contribution in [1.29, 1.82) is 0 Å². The number of nitrogens with one attached hydrogen (secondary N) is 1. The SMILES string of the molecule is O=C(c1ccc(Cl)s1)N1CCCC2CNCC21. The Hall–Kier alpha value is -0.580. The number of carbonyl (C=O) groups is 1. The molecule has 1 amide bonds. The molecule has 2 saturated heterocycles. The molecule has 2 aliphatic heterocycles. The first-order valence-corrected chi connectivity index (χ1v) is 7.22. The summed E-state index contributed by atoms with van der Waals surface area (Å²) in [7, 11) is 0. The minimum Gasteiger partial charge on any atom is -0.333 e. The Morgan fingerprint density at radius 1 is 1.47 bits per heavy atom. The number of hydrogen-bond donors (Lipinski definition) is 1. The second kappa shape index (κ2) is 4.59. The lowest BCUT2D eigenvalue weighted by Crippen LogP contribution is -2.48. The third kappa shape index (κ3) is 2.09. The van der Waals surface area contributed by atoms with Gasteiger partial charge in [-0.2, -0.15) is 0 Å². The van der Waals surface area contributed by atoms with E-state index in [0.29, 0.717) is 16.3 Å². The van der Waals surface area contributed by atoms with Crippen molar-refractivity contribution in [2.24, 2.45) is 5.92 Å². The molecule has 0 aromatic carbocycles. The molecule has 0 aliphatic carbocycles. The lowest BCUT2D eigenvalue weighted by Gasteiger charge is -2.36. The van der Waals surface area contributed by atoms with E-state index in [1.54, 1.807) is 6.07 Å². The fraction of sp³-hybridized carbons (Fsp3) is 0.583. The maximum absolute atomic E-state index is 12.4. The summed E-state index contributed by atoms with van der Waals surface area (Å²) in [6, 6.07) is 4.02. The molecule has 3 nitrogen and oxygen atoms in total. The first-order valence-electron chi connectivity index (χ1n) is 6.03. The van der Waals surface area contributed by atoms with Crippen molar-refractivity contribution in [3.8, 4) is 0 Å². The summed E-state index contributed by atoms with van der Waals surface area (Å²) in [5.74, 6) is 0.795. The second-order valence-electron chi connectivity index (χ2n) is 4.73. The Labute approximate surface area is 110 Å². The third-order valence-electron chi connectivity index (χ3n) is 3.72. The fourth-order valence-corrected chi connectivity index (χ4v) is 3.89. The van der Waals surface area contributed by atoms with Crippen molar-refractivity contribution >= 4 is 28.8 Å². The number of thiophene rings is 1. The van der Waals surface area contributed by atoms with E-state index in [4.69, 9.17) is 11.6 Å². The van der Waals surface area contributed by atoms with Gasteiger partial charge in [0.05, 0.1) is 9.21 Å². The molecule has 17 heavy (non-hydrogen) atoms. The van der Waals surface area contributed by atoms with Crippen LogP contribution in [0.2, 0.25) is 4.34 Å². The van der Waals surface area contributed by atoms with Crippen LogP contribution in [0.5, 0.6) is 0 Å². The molecular formula is C12H15ClN2OS. The Morgan fingerprint density at radius 2 is 2.35 bits per heavy atom. The van der Waals surface area contributed by atoms with Gasteiger partial charge in [-0.25, -0.2) is 0 Å². The predicted octanol–water partition coefficient (Wildman–Crippen LogP) is 2.23. The minimum atomic E-state index is 0.153. The van der Waals surface area contributed by atoms with Gasteiger partial charge in [0.25, 0.3) is 5.91 Å². The highest BCUT2D eigenvalue weighted by atomic mass is 35.5. The van der Waals surface area contributed by atoms with E-state index in [-0.39, 0.29) is 5.91 Å². The molecule has 3 heterocycles. The Kier molecular flexibility index (Phi) is 3.11. The number of halogens is 1. The summed E-state index contributed by atoms with van der Waals surface area (Å²) in [4.78, 5) is 15.2. The maximum Gasteiger partial charge on any atom is 0.264 e. The number of likely N-dealkylation sites (tertiary alicyclic amines) is 1. The van der Waals surface area contributed by atoms with Crippen molar-refractivity contribution in [3.05, 3.63) is 21.3 Å². The van der Waals surface area contributed by atoms with Gasteiger partial charge in [0, 0.05) is 25.7 Å². The molecule has 2 fully saturated rings. The van der Waals surface area contributed by atoms with Gasteiger partial charge >= 0.3 is 0 Å². The largest absolute Gasteiger partial charge is 0.333 e. The van der Waals surface area contributed by atoms with E-state index in [1.807, 2.05) is 11.0 Å². The van der Waals surface area contributed by atoms with Gasteiger partial charge in [0.1, 0.15) is 0 Å². The monoisotopic (exact) mass is 270 g/mol. The normalized spacial score (nSPS) is 28.2. The van der Waals surface area contributed by atoms with Gasteiger partial charge in [-0.05, 0) is 30.9 Å². The molecule has 92 valence electrons. The molecular weight excluding hydrogens is 256 g/mol. The van der Waals surface area contributed by atoms with Crippen molar-refractivity contribution in [2.45, 2.75) is 18.9 Å². The summed E-state index contributed by atoms with van der Waals surface area (Å²) in [5, 5.41) is 3.39. The van der Waals surface area contributed by atoms with Crippen LogP contribution in [0.25, 0.3) is 0 Å². The lowest BCUT2D eigenvalue weighted by molar-refractivity contribution is 0.0580. The number of rotatable bonds is 1. The molecule has 0 bridgehead atoms. The summed E-state index contributed by atoms with van der Waals surface area (Å²) < 4.78 is 0.687. The number of hydrogen-bond acceptors (Lipinski definition) is 3. The first kappa shape index (κ1) is 11.5. The number of piperidine rings is 1. The van der Waals surface area contributed by atoms with Gasteiger partial charge in [0.15, 0.2) is 0 Å². The molecule has 1 N–H and O–H groups in total. The average Bonchev–Trinajstić information content (AvgIpc) is 2.95. The first-order chi connectivity index (χ1) is 8.25. The van der Waals surface area contributed by atoms with Gasteiger partial charge in [-0.1, -0.05) is 11.6 Å². The van der Waals surface area contributed by atoms with Crippen molar-refractivity contribution in [2.75, 3.05) is 19.6 Å². The molecule has 2 unspecified atom stereocenters. The summed E-state index contributed by atoms with van der Waals surface area (Å²) in [5.41, 5.74) is 0. The van der Waals surface area contributed by atoms with Crippen LogP contribution in [0.3, 0.4) is 0 Å². The van der Waals surface area contributed by atoms with E-state index in [2.05, 4.69) is 5.32 Å². The molecule has 2 atom stereocenters. The van der Waals surface area contributed by atoms with Gasteiger partial charge < -0.3 is 10.2 Å². The van der Waals surface area contributed by atoms with Crippen LogP contribution < -0.4 is 5.32 Å². The highest BCUT2D eigenvalue weighted by Gasteiger charge is 2.37. The standard InChI is InChI=1S/C12H15ClN2OS/c13-11-4-3-10(17-11)12(16)15-5-1-2-8-6-14-7-9(8)15/h3-4,8-9,14H,1-2,5-7H2. The zero-order valence-electron chi connectivity index (χ0n) is 9.49. The zero-order chi connectivity index (χ0) is 11.8. The van der Waals surface area contributed by atoms with Gasteiger partial charge in [-0.15, -0.1) is 11.3 Å². The van der Waals surface area contributed by atoms with Crippen molar-refractivity contribution < 1.29 is 4.79 Å². The van der Waals surface area contributed by atoms with Crippen LogP contribution in [-0.4, -0.2) is 36.5 Å². The highest BCUT2D eigenvalue weighted by molar-refractivity contribution is 7.17. The lowest BCUT2D eigenvalue weighted by atomic mass is 9.92. The molecule has 5 heteroatoms. The van der Waals surface area contributed by atoms with Crippen LogP contribution in [0.4, 0.5) is 0 Å². The minimum absolute atomic E-state index is 0.153. The molecule has 1 aromatic rings. The maximum atomic E-state index is 12.4. The zero-order valence-corrected chi connectivity index (χ0v) is 11.1. The number of amides is 1. The molecule has 0 radical (unpaired) electrons. The molecule has 2 aliphatic rings. The topological polar surface area (TPSA) is 32.3 Å². The Bertz CT molecular complexity index is 434. The van der Waals surface area contributed by atoms with Crippen molar-refractivity contribution in [1.82, 2.24) is 10.2 Å². The number of fused-ring (bicyclic) bond motifs is 1. The van der Waals surface area contributed by atoms with E-state index in [9.17, 15) is 4.79 Å². The second-order valence-corrected chi connectivity index (χ2v) is 6.45. The van der Waals surface area contributed by atoms with Crippen LogP contribution in [0, 0.1) is 5.92 Å². The van der Waals surface area contributed by atoms with Gasteiger partial charge in [0.2, 0.25) is 0 Å². The quantitative estimate of drug-likeness (QED) is 0.849. The van der Waals surface area contributed by atoms with Crippen LogP contribution in [-0.2, 0) is 0 Å². The predicted molar refractivity (Wildman–Crippen MR) is 69.7 cm³/mol. The number of nitrogens with zero attached hydrogens (tertiary/aromatic N) is 1. The van der Waals surface area contributed by atoms with Crippen LogP contribution in [0.15, 0.2) is 12.1 Å². The number of carbonyl (C=O) groups excluding carboxylic acids is 1. The van der Waals surface area contributed by atoms with E-state index in [1.165, 1.54) is 17.8 Å². The average molecular weight is 271 g/mol. The summed E-state index contributed by atoms with van der Waals surface area (Å²) in [6.45, 7) is 2.88. The smallest absolute Gasteiger partial charge is 0.264 e. The van der Waals surface area contributed by atoms with Gasteiger partial charge in [-0.3, -0.25) is 4.79 Å². The Balaban J connectivity index is 1.81. The van der Waals surface area contributed by atoms with E-state index in [0.717, 1.165) is 30.9 Å². The molecule has 3 rings (SSSR count). The van der Waals surface area contributed by atoms with Crippen molar-refractivity contribution in [3.63, 3.8) is 0 Å². The molecule has 0 spiro atoms. The summed E-state index contributed by atoms with van der Waals surface area (Å²) in [6.07, 6.45) is 2.36. The van der Waals surface area contributed by atoms with Crippen LogP contribution in [0.1, 0.15) is 22.5 Å². The fourth-order valence-electron chi connectivity index (χ4n) is 2.89. The molecule has 1 aromatic heterocycles.